The monoisotopic (exact) mass is 436 g/mol. The fourth-order valence-electron chi connectivity index (χ4n) is 3.26. The van der Waals surface area contributed by atoms with Gasteiger partial charge in [-0.3, -0.25) is 9.59 Å². The number of benzene rings is 3. The Morgan fingerprint density at radius 2 is 1.55 bits per heavy atom. The summed E-state index contributed by atoms with van der Waals surface area (Å²) in [5.74, 6) is -0.886. The Kier molecular flexibility index (Phi) is 5.39. The average molecular weight is 436 g/mol. The van der Waals surface area contributed by atoms with Crippen LogP contribution in [0.1, 0.15) is 0 Å². The summed E-state index contributed by atoms with van der Waals surface area (Å²) < 4.78 is 40.7. The highest BCUT2D eigenvalue weighted by molar-refractivity contribution is 7.91. The molecule has 4 aromatic rings. The third kappa shape index (κ3) is 4.10. The van der Waals surface area contributed by atoms with Gasteiger partial charge in [0, 0.05) is 17.3 Å². The number of carbonyl (C=O) groups is 1. The van der Waals surface area contributed by atoms with Gasteiger partial charge in [-0.05, 0) is 48.5 Å². The highest BCUT2D eigenvalue weighted by Crippen LogP contribution is 2.21. The highest BCUT2D eigenvalue weighted by Gasteiger charge is 2.24. The van der Waals surface area contributed by atoms with Gasteiger partial charge < -0.3 is 9.88 Å². The number of carbonyl (C=O) groups excluding carboxylic acids is 1. The SMILES string of the molecule is O=C(Cn1cc(S(=O)(=O)c2ccccc2)c(=O)c2ccccc21)Nc1ccc(F)cc1. The number of halogens is 1. The summed E-state index contributed by atoms with van der Waals surface area (Å²) in [6, 6.07) is 19.4. The number of amides is 1. The van der Waals surface area contributed by atoms with Gasteiger partial charge in [-0.1, -0.05) is 30.3 Å². The molecule has 31 heavy (non-hydrogen) atoms. The molecule has 0 bridgehead atoms. The van der Waals surface area contributed by atoms with E-state index in [9.17, 15) is 22.4 Å². The Labute approximate surface area is 177 Å². The molecular formula is C23H17FN2O4S. The molecule has 1 aromatic heterocycles. The molecule has 3 aromatic carbocycles. The molecular weight excluding hydrogens is 419 g/mol. The molecule has 8 heteroatoms. The fraction of sp³-hybridized carbons (Fsp3) is 0.0435. The van der Waals surface area contributed by atoms with Crippen molar-refractivity contribution in [2.24, 2.45) is 0 Å². The second-order valence-corrected chi connectivity index (χ2v) is 8.76. The Morgan fingerprint density at radius 3 is 2.26 bits per heavy atom. The summed E-state index contributed by atoms with van der Waals surface area (Å²) >= 11 is 0. The van der Waals surface area contributed by atoms with Crippen LogP contribution in [0.4, 0.5) is 10.1 Å². The molecule has 1 amide bonds. The van der Waals surface area contributed by atoms with Crippen LogP contribution in [0.15, 0.2) is 99.6 Å². The van der Waals surface area contributed by atoms with Gasteiger partial charge in [-0.25, -0.2) is 12.8 Å². The van der Waals surface area contributed by atoms with Crippen LogP contribution in [0.2, 0.25) is 0 Å². The first-order valence-electron chi connectivity index (χ1n) is 9.34. The first kappa shape index (κ1) is 20.5. The van der Waals surface area contributed by atoms with Crippen molar-refractivity contribution >= 4 is 32.3 Å². The van der Waals surface area contributed by atoms with E-state index in [1.54, 1.807) is 36.4 Å². The summed E-state index contributed by atoms with van der Waals surface area (Å²) in [4.78, 5) is 25.1. The number of aromatic nitrogens is 1. The van der Waals surface area contributed by atoms with Crippen molar-refractivity contribution in [3.05, 3.63) is 101 Å². The summed E-state index contributed by atoms with van der Waals surface area (Å²) in [5, 5.41) is 2.82. The molecule has 0 atom stereocenters. The van der Waals surface area contributed by atoms with E-state index in [1.165, 1.54) is 53.2 Å². The number of para-hydroxylation sites is 1. The molecule has 0 spiro atoms. The van der Waals surface area contributed by atoms with Crippen LogP contribution < -0.4 is 10.7 Å². The maximum absolute atomic E-state index is 13.1. The fourth-order valence-corrected chi connectivity index (χ4v) is 4.65. The van der Waals surface area contributed by atoms with Gasteiger partial charge in [-0.2, -0.15) is 0 Å². The van der Waals surface area contributed by atoms with Crippen LogP contribution >= 0.6 is 0 Å². The summed E-state index contributed by atoms with van der Waals surface area (Å²) in [7, 11) is -4.09. The van der Waals surface area contributed by atoms with Crippen LogP contribution in [0, 0.1) is 5.82 Å². The van der Waals surface area contributed by atoms with E-state index in [2.05, 4.69) is 5.32 Å². The first-order chi connectivity index (χ1) is 14.9. The standard InChI is InChI=1S/C23H17FN2O4S/c24-16-10-12-17(13-11-16)25-22(27)15-26-14-21(23(28)19-8-4-5-9-20(19)26)31(29,30)18-6-2-1-3-7-18/h1-14H,15H2,(H,25,27). The number of hydrogen-bond acceptors (Lipinski definition) is 4. The van der Waals surface area contributed by atoms with Crippen molar-refractivity contribution in [3.63, 3.8) is 0 Å². The third-order valence-electron chi connectivity index (χ3n) is 4.74. The summed E-state index contributed by atoms with van der Waals surface area (Å²) in [5.41, 5.74) is 0.192. The second-order valence-electron chi connectivity index (χ2n) is 6.84. The predicted octanol–water partition coefficient (Wildman–Crippen LogP) is 3.61. The molecule has 0 aliphatic rings. The third-order valence-corrected chi connectivity index (χ3v) is 6.50. The molecule has 0 radical (unpaired) electrons. The van der Waals surface area contributed by atoms with Gasteiger partial charge in [0.25, 0.3) is 0 Å². The summed E-state index contributed by atoms with van der Waals surface area (Å²) in [6.45, 7) is -0.241. The molecule has 1 N–H and O–H groups in total. The molecule has 0 saturated carbocycles. The lowest BCUT2D eigenvalue weighted by molar-refractivity contribution is -0.116. The van der Waals surface area contributed by atoms with E-state index in [4.69, 9.17) is 0 Å². The van der Waals surface area contributed by atoms with Gasteiger partial charge in [0.15, 0.2) is 0 Å². The molecule has 0 fully saturated rings. The Hall–Kier alpha value is -3.78. The quantitative estimate of drug-likeness (QED) is 0.518. The number of fused-ring (bicyclic) bond motifs is 1. The number of hydrogen-bond donors (Lipinski definition) is 1. The van der Waals surface area contributed by atoms with Crippen LogP contribution in [0.3, 0.4) is 0 Å². The van der Waals surface area contributed by atoms with Gasteiger partial charge in [0.05, 0.1) is 10.4 Å². The lowest BCUT2D eigenvalue weighted by Crippen LogP contribution is -2.23. The Balaban J connectivity index is 1.78. The topological polar surface area (TPSA) is 85.2 Å². The van der Waals surface area contributed by atoms with Gasteiger partial charge in [0.2, 0.25) is 21.2 Å². The van der Waals surface area contributed by atoms with E-state index >= 15 is 0 Å². The molecule has 0 aliphatic carbocycles. The van der Waals surface area contributed by atoms with Crippen molar-refractivity contribution in [3.8, 4) is 0 Å². The number of anilines is 1. The molecule has 0 unspecified atom stereocenters. The van der Waals surface area contributed by atoms with E-state index in [-0.39, 0.29) is 16.8 Å². The largest absolute Gasteiger partial charge is 0.336 e. The van der Waals surface area contributed by atoms with Crippen molar-refractivity contribution in [2.45, 2.75) is 16.3 Å². The Bertz CT molecular complexity index is 1430. The van der Waals surface area contributed by atoms with Gasteiger partial charge >= 0.3 is 0 Å². The van der Waals surface area contributed by atoms with Crippen LogP contribution in [0.5, 0.6) is 0 Å². The number of nitrogens with one attached hydrogen (secondary N) is 1. The maximum atomic E-state index is 13.1. The Morgan fingerprint density at radius 1 is 0.903 bits per heavy atom. The second kappa shape index (κ2) is 8.16. The molecule has 4 rings (SSSR count). The minimum absolute atomic E-state index is 0.00954. The van der Waals surface area contributed by atoms with Gasteiger partial charge in [0.1, 0.15) is 17.3 Å². The smallest absolute Gasteiger partial charge is 0.244 e. The maximum Gasteiger partial charge on any atom is 0.244 e. The minimum Gasteiger partial charge on any atom is -0.336 e. The van der Waals surface area contributed by atoms with E-state index in [0.29, 0.717) is 11.2 Å². The van der Waals surface area contributed by atoms with Gasteiger partial charge in [-0.15, -0.1) is 0 Å². The lowest BCUT2D eigenvalue weighted by atomic mass is 10.2. The average Bonchev–Trinajstić information content (AvgIpc) is 2.78. The van der Waals surface area contributed by atoms with Crippen molar-refractivity contribution in [1.82, 2.24) is 4.57 Å². The van der Waals surface area contributed by atoms with Crippen molar-refractivity contribution in [2.75, 3.05) is 5.32 Å². The lowest BCUT2D eigenvalue weighted by Gasteiger charge is -2.14. The minimum atomic E-state index is -4.09. The van der Waals surface area contributed by atoms with E-state index < -0.39 is 31.9 Å². The zero-order valence-corrected chi connectivity index (χ0v) is 17.0. The zero-order valence-electron chi connectivity index (χ0n) is 16.2. The number of pyridine rings is 1. The van der Waals surface area contributed by atoms with Crippen molar-refractivity contribution in [1.29, 1.82) is 0 Å². The van der Waals surface area contributed by atoms with E-state index in [1.807, 2.05) is 0 Å². The predicted molar refractivity (Wildman–Crippen MR) is 115 cm³/mol. The molecule has 0 saturated heterocycles. The number of nitrogens with zero attached hydrogens (tertiary/aromatic N) is 1. The zero-order chi connectivity index (χ0) is 22.0. The normalized spacial score (nSPS) is 11.4. The molecule has 0 aliphatic heterocycles. The summed E-state index contributed by atoms with van der Waals surface area (Å²) in [6.07, 6.45) is 1.19. The number of rotatable bonds is 5. The molecule has 1 heterocycles. The highest BCUT2D eigenvalue weighted by atomic mass is 32.2. The van der Waals surface area contributed by atoms with Crippen LogP contribution in [-0.2, 0) is 21.2 Å². The van der Waals surface area contributed by atoms with Crippen LogP contribution in [-0.4, -0.2) is 18.9 Å². The van der Waals surface area contributed by atoms with Crippen LogP contribution in [0.25, 0.3) is 10.9 Å². The molecule has 156 valence electrons. The molecule has 6 nitrogen and oxygen atoms in total. The first-order valence-corrected chi connectivity index (χ1v) is 10.8. The van der Waals surface area contributed by atoms with Crippen molar-refractivity contribution < 1.29 is 17.6 Å². The number of sulfone groups is 1. The van der Waals surface area contributed by atoms with E-state index in [0.717, 1.165) is 0 Å².